The minimum absolute atomic E-state index is 0.00278. The second kappa shape index (κ2) is 6.87. The standard InChI is InChI=1S/C13H22O2/c1-3-4-5-6-7-8-9-10-14-11-13(2)12-15-13/h3-7,10-12H2,1-2H3. The van der Waals surface area contributed by atoms with E-state index in [1.54, 1.807) is 0 Å². The molecule has 1 aliphatic heterocycles. The van der Waals surface area contributed by atoms with Gasteiger partial charge in [-0.25, -0.2) is 0 Å². The highest BCUT2D eigenvalue weighted by Crippen LogP contribution is 2.25. The Morgan fingerprint density at radius 3 is 2.73 bits per heavy atom. The van der Waals surface area contributed by atoms with Gasteiger partial charge in [0.1, 0.15) is 12.2 Å². The van der Waals surface area contributed by atoms with Gasteiger partial charge < -0.3 is 9.47 Å². The van der Waals surface area contributed by atoms with Crippen LogP contribution in [0.25, 0.3) is 0 Å². The lowest BCUT2D eigenvalue weighted by Crippen LogP contribution is -2.14. The molecule has 0 radical (unpaired) electrons. The maximum Gasteiger partial charge on any atom is 0.112 e. The summed E-state index contributed by atoms with van der Waals surface area (Å²) in [6.45, 7) is 6.34. The van der Waals surface area contributed by atoms with Crippen LogP contribution in [0.4, 0.5) is 0 Å². The molecule has 1 fully saturated rings. The highest BCUT2D eigenvalue weighted by atomic mass is 16.6. The van der Waals surface area contributed by atoms with Crippen LogP contribution in [0.1, 0.15) is 46.0 Å². The van der Waals surface area contributed by atoms with E-state index in [0.717, 1.165) is 13.0 Å². The van der Waals surface area contributed by atoms with Crippen LogP contribution in [0, 0.1) is 11.8 Å². The van der Waals surface area contributed by atoms with E-state index in [9.17, 15) is 0 Å². The molecule has 1 unspecified atom stereocenters. The van der Waals surface area contributed by atoms with Gasteiger partial charge in [0, 0.05) is 6.42 Å². The minimum Gasteiger partial charge on any atom is -0.367 e. The first-order valence-corrected chi connectivity index (χ1v) is 5.94. The van der Waals surface area contributed by atoms with Crippen molar-refractivity contribution in [3.05, 3.63) is 0 Å². The normalized spacial score (nSPS) is 23.3. The number of ether oxygens (including phenoxy) is 2. The Morgan fingerprint density at radius 1 is 1.27 bits per heavy atom. The molecule has 0 N–H and O–H groups in total. The zero-order chi connectivity index (χ0) is 11.0. The molecule has 0 aromatic carbocycles. The Bertz CT molecular complexity index is 220. The zero-order valence-electron chi connectivity index (χ0n) is 9.97. The minimum atomic E-state index is 0.00278. The van der Waals surface area contributed by atoms with Crippen LogP contribution in [0.15, 0.2) is 0 Å². The van der Waals surface area contributed by atoms with Gasteiger partial charge in [0.2, 0.25) is 0 Å². The predicted molar refractivity (Wildman–Crippen MR) is 61.7 cm³/mol. The van der Waals surface area contributed by atoms with Crippen LogP contribution in [-0.2, 0) is 9.47 Å². The highest BCUT2D eigenvalue weighted by Gasteiger charge is 2.39. The first-order chi connectivity index (χ1) is 7.27. The Morgan fingerprint density at radius 2 is 2.07 bits per heavy atom. The van der Waals surface area contributed by atoms with Gasteiger partial charge in [-0.3, -0.25) is 0 Å². The lowest BCUT2D eigenvalue weighted by molar-refractivity contribution is 0.108. The predicted octanol–water partition coefficient (Wildman–Crippen LogP) is 2.77. The Balaban J connectivity index is 1.84. The molecule has 1 heterocycles. The van der Waals surface area contributed by atoms with Crippen LogP contribution in [-0.4, -0.2) is 25.4 Å². The zero-order valence-corrected chi connectivity index (χ0v) is 9.97. The number of hydrogen-bond donors (Lipinski definition) is 0. The second-order valence-electron chi connectivity index (χ2n) is 4.40. The largest absolute Gasteiger partial charge is 0.367 e. The molecule has 86 valence electrons. The van der Waals surface area contributed by atoms with E-state index in [4.69, 9.17) is 9.47 Å². The average Bonchev–Trinajstić information content (AvgIpc) is 2.95. The Labute approximate surface area is 93.3 Å². The molecule has 0 amide bonds. The fourth-order valence-corrected chi connectivity index (χ4v) is 1.30. The van der Waals surface area contributed by atoms with E-state index in [-0.39, 0.29) is 5.60 Å². The van der Waals surface area contributed by atoms with E-state index in [1.807, 2.05) is 0 Å². The van der Waals surface area contributed by atoms with Gasteiger partial charge in [0.25, 0.3) is 0 Å². The molecule has 2 heteroatoms. The SMILES string of the molecule is CCCCCCC#CCOCC1(C)CO1. The summed E-state index contributed by atoms with van der Waals surface area (Å²) < 4.78 is 10.6. The van der Waals surface area contributed by atoms with Crippen LogP contribution >= 0.6 is 0 Å². The van der Waals surface area contributed by atoms with Crippen LogP contribution < -0.4 is 0 Å². The van der Waals surface area contributed by atoms with Crippen molar-refractivity contribution in [1.82, 2.24) is 0 Å². The van der Waals surface area contributed by atoms with E-state index < -0.39 is 0 Å². The lowest BCUT2D eigenvalue weighted by atomic mass is 10.2. The number of hydrogen-bond acceptors (Lipinski definition) is 2. The van der Waals surface area contributed by atoms with E-state index in [2.05, 4.69) is 25.7 Å². The van der Waals surface area contributed by atoms with Crippen molar-refractivity contribution in [3.63, 3.8) is 0 Å². The molecule has 0 spiro atoms. The van der Waals surface area contributed by atoms with Crippen molar-refractivity contribution >= 4 is 0 Å². The van der Waals surface area contributed by atoms with Crippen LogP contribution in [0.2, 0.25) is 0 Å². The molecule has 1 atom stereocenters. The lowest BCUT2D eigenvalue weighted by Gasteiger charge is -2.02. The summed E-state index contributed by atoms with van der Waals surface area (Å²) in [6, 6.07) is 0. The average molecular weight is 210 g/mol. The summed E-state index contributed by atoms with van der Waals surface area (Å²) in [7, 11) is 0. The van der Waals surface area contributed by atoms with E-state index >= 15 is 0 Å². The van der Waals surface area contributed by atoms with Crippen molar-refractivity contribution in [3.8, 4) is 11.8 Å². The quantitative estimate of drug-likeness (QED) is 0.366. The van der Waals surface area contributed by atoms with Gasteiger partial charge in [-0.1, -0.05) is 32.1 Å². The number of epoxide rings is 1. The third-order valence-electron chi connectivity index (χ3n) is 2.50. The molecule has 2 nitrogen and oxygen atoms in total. The number of rotatable bonds is 7. The molecule has 15 heavy (non-hydrogen) atoms. The topological polar surface area (TPSA) is 21.8 Å². The second-order valence-corrected chi connectivity index (χ2v) is 4.40. The van der Waals surface area contributed by atoms with Crippen molar-refractivity contribution in [1.29, 1.82) is 0 Å². The molecular formula is C13H22O2. The molecule has 0 saturated carbocycles. The van der Waals surface area contributed by atoms with Crippen molar-refractivity contribution in [2.24, 2.45) is 0 Å². The van der Waals surface area contributed by atoms with Gasteiger partial charge in [-0.15, -0.1) is 5.92 Å². The maximum absolute atomic E-state index is 5.39. The molecular weight excluding hydrogens is 188 g/mol. The third-order valence-corrected chi connectivity index (χ3v) is 2.50. The fourth-order valence-electron chi connectivity index (χ4n) is 1.30. The maximum atomic E-state index is 5.39. The summed E-state index contributed by atoms with van der Waals surface area (Å²) in [5.41, 5.74) is 0.00278. The smallest absolute Gasteiger partial charge is 0.112 e. The molecule has 1 rings (SSSR count). The summed E-state index contributed by atoms with van der Waals surface area (Å²) in [5.74, 6) is 6.17. The summed E-state index contributed by atoms with van der Waals surface area (Å²) >= 11 is 0. The Hall–Kier alpha value is -0.520. The van der Waals surface area contributed by atoms with Crippen molar-refractivity contribution in [2.45, 2.75) is 51.6 Å². The fraction of sp³-hybridized carbons (Fsp3) is 0.846. The summed E-state index contributed by atoms with van der Waals surface area (Å²) in [4.78, 5) is 0. The van der Waals surface area contributed by atoms with Gasteiger partial charge in [0.05, 0.1) is 13.2 Å². The molecule has 0 bridgehead atoms. The number of unbranched alkanes of at least 4 members (excludes halogenated alkanes) is 4. The molecule has 1 aliphatic rings. The first-order valence-electron chi connectivity index (χ1n) is 5.94. The van der Waals surface area contributed by atoms with Gasteiger partial charge in [-0.05, 0) is 13.3 Å². The van der Waals surface area contributed by atoms with Gasteiger partial charge >= 0.3 is 0 Å². The van der Waals surface area contributed by atoms with Crippen molar-refractivity contribution in [2.75, 3.05) is 19.8 Å². The van der Waals surface area contributed by atoms with Gasteiger partial charge in [0.15, 0.2) is 0 Å². The van der Waals surface area contributed by atoms with Gasteiger partial charge in [-0.2, -0.15) is 0 Å². The molecule has 1 saturated heterocycles. The third kappa shape index (κ3) is 6.54. The van der Waals surface area contributed by atoms with E-state index in [0.29, 0.717) is 13.2 Å². The van der Waals surface area contributed by atoms with Crippen LogP contribution in [0.3, 0.4) is 0 Å². The Kier molecular flexibility index (Phi) is 5.75. The first kappa shape index (κ1) is 12.5. The van der Waals surface area contributed by atoms with Crippen LogP contribution in [0.5, 0.6) is 0 Å². The molecule has 0 aromatic rings. The molecule has 0 aromatic heterocycles. The monoisotopic (exact) mass is 210 g/mol. The summed E-state index contributed by atoms with van der Waals surface area (Å²) in [5, 5.41) is 0. The van der Waals surface area contributed by atoms with Crippen molar-refractivity contribution < 1.29 is 9.47 Å². The summed E-state index contributed by atoms with van der Waals surface area (Å²) in [6.07, 6.45) is 6.15. The highest BCUT2D eigenvalue weighted by molar-refractivity contribution is 4.99. The van der Waals surface area contributed by atoms with E-state index in [1.165, 1.54) is 25.7 Å². The molecule has 0 aliphatic carbocycles.